The molecule has 1 fully saturated rings. The van der Waals surface area contributed by atoms with E-state index in [1.54, 1.807) is 17.6 Å². The number of aryl methyl sites for hydroxylation is 1. The largest absolute Gasteiger partial charge is 0.493 e. The number of fused-ring (bicyclic) bond motifs is 6. The van der Waals surface area contributed by atoms with Crippen molar-refractivity contribution >= 4 is 16.9 Å². The number of benzene rings is 1. The molecule has 9 heteroatoms. The molecule has 4 aliphatic heterocycles. The number of cyclic esters (lactones) is 1. The number of carbonyl (C=O) groups is 1. The van der Waals surface area contributed by atoms with Crippen molar-refractivity contribution in [2.75, 3.05) is 39.8 Å². The molecule has 6 heterocycles. The topological polar surface area (TPSA) is 97.1 Å². The molecule has 0 amide bonds. The van der Waals surface area contributed by atoms with E-state index in [2.05, 4.69) is 29.0 Å². The molecule has 9 nitrogen and oxygen atoms in total. The van der Waals surface area contributed by atoms with Crippen LogP contribution in [0, 0.1) is 0 Å². The Bertz CT molecular complexity index is 1560. The van der Waals surface area contributed by atoms with Crippen molar-refractivity contribution < 1.29 is 19.4 Å². The van der Waals surface area contributed by atoms with E-state index in [9.17, 15) is 14.7 Å². The van der Waals surface area contributed by atoms with E-state index in [4.69, 9.17) is 14.5 Å². The lowest BCUT2D eigenvalue weighted by molar-refractivity contribution is -0.172. The fourth-order valence-electron chi connectivity index (χ4n) is 6.42. The maximum Gasteiger partial charge on any atom is 0.343 e. The molecule has 0 bridgehead atoms. The average molecular weight is 517 g/mol. The Balaban J connectivity index is 1.44. The molecule has 1 atom stereocenters. The Morgan fingerprint density at radius 1 is 1.08 bits per heavy atom. The number of rotatable bonds is 3. The predicted octanol–water partition coefficient (Wildman–Crippen LogP) is 2.15. The maximum absolute atomic E-state index is 13.7. The third-order valence-corrected chi connectivity index (χ3v) is 8.81. The van der Waals surface area contributed by atoms with Crippen molar-refractivity contribution in [2.24, 2.45) is 0 Å². The minimum absolute atomic E-state index is 0.125. The van der Waals surface area contributed by atoms with Crippen molar-refractivity contribution in [1.29, 1.82) is 0 Å². The number of carbonyl (C=O) groups excluding carboxylic acids is 1. The zero-order valence-electron chi connectivity index (χ0n) is 21.9. The van der Waals surface area contributed by atoms with Crippen LogP contribution in [-0.2, 0) is 41.2 Å². The molecular weight excluding hydrogens is 484 g/mol. The van der Waals surface area contributed by atoms with E-state index in [0.717, 1.165) is 85.6 Å². The first-order valence-electron chi connectivity index (χ1n) is 13.6. The van der Waals surface area contributed by atoms with E-state index < -0.39 is 11.6 Å². The van der Waals surface area contributed by atoms with Crippen LogP contribution in [0.5, 0.6) is 5.75 Å². The Morgan fingerprint density at radius 2 is 1.89 bits per heavy atom. The predicted molar refractivity (Wildman–Crippen MR) is 141 cm³/mol. The normalized spacial score (nSPS) is 22.9. The summed E-state index contributed by atoms with van der Waals surface area (Å²) in [6.45, 7) is 7.45. The Morgan fingerprint density at radius 3 is 2.68 bits per heavy atom. The molecule has 3 aromatic rings. The van der Waals surface area contributed by atoms with Gasteiger partial charge in [0.2, 0.25) is 0 Å². The van der Waals surface area contributed by atoms with E-state index in [1.165, 1.54) is 5.56 Å². The summed E-state index contributed by atoms with van der Waals surface area (Å²) in [6, 6.07) is 6.07. The first-order chi connectivity index (χ1) is 18.4. The summed E-state index contributed by atoms with van der Waals surface area (Å²) in [7, 11) is 2.15. The van der Waals surface area contributed by atoms with Crippen LogP contribution in [0.2, 0.25) is 0 Å². The zero-order chi connectivity index (χ0) is 26.2. The lowest BCUT2D eigenvalue weighted by atomic mass is 9.86. The number of aliphatic hydroxyl groups is 1. The first-order valence-corrected chi connectivity index (χ1v) is 13.6. The third kappa shape index (κ3) is 3.45. The molecule has 2 aromatic heterocycles. The van der Waals surface area contributed by atoms with Gasteiger partial charge >= 0.3 is 5.97 Å². The van der Waals surface area contributed by atoms with Crippen molar-refractivity contribution in [1.82, 2.24) is 19.4 Å². The Kier molecular flexibility index (Phi) is 5.41. The van der Waals surface area contributed by atoms with Crippen LogP contribution in [0.3, 0.4) is 0 Å². The van der Waals surface area contributed by atoms with Crippen molar-refractivity contribution in [3.8, 4) is 17.1 Å². The highest BCUT2D eigenvalue weighted by molar-refractivity contribution is 5.90. The minimum Gasteiger partial charge on any atom is -0.493 e. The van der Waals surface area contributed by atoms with Gasteiger partial charge in [-0.25, -0.2) is 9.78 Å². The molecule has 0 saturated carbocycles. The fourth-order valence-corrected chi connectivity index (χ4v) is 6.42. The number of aromatic nitrogens is 2. The molecular formula is C29H32N4O5. The van der Waals surface area contributed by atoms with Gasteiger partial charge in [0.1, 0.15) is 12.4 Å². The van der Waals surface area contributed by atoms with Crippen LogP contribution in [0.15, 0.2) is 23.0 Å². The van der Waals surface area contributed by atoms with Gasteiger partial charge in [0.15, 0.2) is 5.60 Å². The Hall–Kier alpha value is -3.27. The molecule has 198 valence electrons. The number of pyridine rings is 2. The first kappa shape index (κ1) is 23.8. The van der Waals surface area contributed by atoms with Gasteiger partial charge in [-0.15, -0.1) is 0 Å². The molecule has 0 spiro atoms. The van der Waals surface area contributed by atoms with Gasteiger partial charge in [0, 0.05) is 49.2 Å². The van der Waals surface area contributed by atoms with Gasteiger partial charge in [-0.1, -0.05) is 6.92 Å². The standard InChI is InChI=1S/C29H32N4O5/c1-3-29(36)22-13-24-26-20(15-33(24)27(34)21(22)16-38-28(29)35)19(14-32-8-6-31(2)7-9-32)18-12-25-17(5-4-10-37-25)11-23(18)30-26/h11-13,36H,3-10,14-16H2,1-2H3. The summed E-state index contributed by atoms with van der Waals surface area (Å²) < 4.78 is 13.0. The zero-order valence-corrected chi connectivity index (χ0v) is 21.9. The van der Waals surface area contributed by atoms with Gasteiger partial charge < -0.3 is 24.0 Å². The van der Waals surface area contributed by atoms with Crippen LogP contribution in [0.25, 0.3) is 22.3 Å². The SMILES string of the molecule is CCC1(O)C(=O)OCc2c1cc1n(c2=O)Cc2c-1nc1cc3c(cc1c2CN1CCN(C)CC1)OCCC3. The molecule has 4 aliphatic rings. The van der Waals surface area contributed by atoms with Crippen LogP contribution in [-0.4, -0.2) is 70.3 Å². The highest BCUT2D eigenvalue weighted by atomic mass is 16.6. The van der Waals surface area contributed by atoms with Gasteiger partial charge in [0.05, 0.1) is 35.6 Å². The molecule has 38 heavy (non-hydrogen) atoms. The van der Waals surface area contributed by atoms with Crippen molar-refractivity contribution in [3.63, 3.8) is 0 Å². The summed E-state index contributed by atoms with van der Waals surface area (Å²) in [4.78, 5) is 36.2. The number of hydrogen-bond donors (Lipinski definition) is 1. The summed E-state index contributed by atoms with van der Waals surface area (Å²) >= 11 is 0. The van der Waals surface area contributed by atoms with Crippen molar-refractivity contribution in [2.45, 2.75) is 51.5 Å². The van der Waals surface area contributed by atoms with Crippen LogP contribution in [0.1, 0.15) is 47.6 Å². The molecule has 1 saturated heterocycles. The fraction of sp³-hybridized carbons (Fsp3) is 0.483. The lowest BCUT2D eigenvalue weighted by Gasteiger charge is -2.33. The minimum atomic E-state index is -1.83. The molecule has 7 rings (SSSR count). The monoisotopic (exact) mass is 516 g/mol. The lowest BCUT2D eigenvalue weighted by Crippen LogP contribution is -2.44. The van der Waals surface area contributed by atoms with E-state index in [-0.39, 0.29) is 18.6 Å². The molecule has 0 aliphatic carbocycles. The van der Waals surface area contributed by atoms with Gasteiger partial charge in [-0.3, -0.25) is 9.69 Å². The third-order valence-electron chi connectivity index (χ3n) is 8.81. The van der Waals surface area contributed by atoms with E-state index in [0.29, 0.717) is 23.4 Å². The quantitative estimate of drug-likeness (QED) is 0.414. The van der Waals surface area contributed by atoms with Gasteiger partial charge in [-0.2, -0.15) is 0 Å². The smallest absolute Gasteiger partial charge is 0.343 e. The Labute approximate surface area is 220 Å². The van der Waals surface area contributed by atoms with E-state index >= 15 is 0 Å². The summed E-state index contributed by atoms with van der Waals surface area (Å²) in [6.07, 6.45) is 2.06. The van der Waals surface area contributed by atoms with Gasteiger partial charge in [0.25, 0.3) is 5.56 Å². The second kappa shape index (κ2) is 8.62. The number of nitrogens with zero attached hydrogens (tertiary/aromatic N) is 4. The molecule has 0 radical (unpaired) electrons. The summed E-state index contributed by atoms with van der Waals surface area (Å²) in [5.74, 6) is 0.223. The number of ether oxygens (including phenoxy) is 2. The van der Waals surface area contributed by atoms with Crippen LogP contribution in [0.4, 0.5) is 0 Å². The average Bonchev–Trinajstić information content (AvgIpc) is 3.30. The highest BCUT2D eigenvalue weighted by Gasteiger charge is 2.45. The number of piperazine rings is 1. The van der Waals surface area contributed by atoms with Crippen molar-refractivity contribution in [3.05, 3.63) is 56.4 Å². The number of hydrogen-bond acceptors (Lipinski definition) is 8. The summed E-state index contributed by atoms with van der Waals surface area (Å²) in [5, 5.41) is 12.3. The van der Waals surface area contributed by atoms with Gasteiger partial charge in [-0.05, 0) is 55.6 Å². The van der Waals surface area contributed by atoms with Crippen LogP contribution < -0.4 is 10.3 Å². The second-order valence-electron chi connectivity index (χ2n) is 11.0. The van der Waals surface area contributed by atoms with E-state index in [1.807, 2.05) is 0 Å². The molecule has 1 N–H and O–H groups in total. The molecule has 1 aromatic carbocycles. The summed E-state index contributed by atoms with van der Waals surface area (Å²) in [5.41, 5.74) is 4.29. The number of esters is 1. The maximum atomic E-state index is 13.7. The molecule has 1 unspecified atom stereocenters. The van der Waals surface area contributed by atoms with Crippen LogP contribution >= 0.6 is 0 Å². The number of likely N-dealkylation sites (N-methyl/N-ethyl adjacent to an activating group) is 1. The highest BCUT2D eigenvalue weighted by Crippen LogP contribution is 2.42. The second-order valence-corrected chi connectivity index (χ2v) is 11.0.